The second-order valence-corrected chi connectivity index (χ2v) is 6.27. The molecular formula is C12H16N2O5S. The minimum Gasteiger partial charge on any atom is -0.497 e. The lowest BCUT2D eigenvalue weighted by atomic mass is 10.2. The average molecular weight is 300 g/mol. The third-order valence-electron chi connectivity index (χ3n) is 2.83. The monoisotopic (exact) mass is 300 g/mol. The van der Waals surface area contributed by atoms with Gasteiger partial charge in [-0.1, -0.05) is 0 Å². The van der Waals surface area contributed by atoms with Crippen molar-refractivity contribution in [3.63, 3.8) is 0 Å². The number of hydrogen-bond acceptors (Lipinski definition) is 5. The molecule has 0 aromatic heterocycles. The van der Waals surface area contributed by atoms with Gasteiger partial charge in [0.1, 0.15) is 11.9 Å². The number of carbonyl (C=O) groups is 1. The van der Waals surface area contributed by atoms with Gasteiger partial charge in [-0.2, -0.15) is 0 Å². The van der Waals surface area contributed by atoms with Crippen molar-refractivity contribution in [3.8, 4) is 5.75 Å². The fourth-order valence-corrected chi connectivity index (χ4v) is 2.33. The van der Waals surface area contributed by atoms with Crippen molar-refractivity contribution in [3.05, 3.63) is 24.3 Å². The first-order valence-corrected chi connectivity index (χ1v) is 7.85. The van der Waals surface area contributed by atoms with Crippen LogP contribution in [0, 0.1) is 0 Å². The number of benzene rings is 1. The standard InChI is InChI=1S/C12H16N2O5S/c1-18-10-5-3-9(4-6-10)14-8-11(19-12(14)15)7-13-20(2,16)17/h3-6,11,13H,7-8H2,1-2H3. The minimum absolute atomic E-state index is 0.0667. The molecule has 1 heterocycles. The van der Waals surface area contributed by atoms with Crippen molar-refractivity contribution in [2.45, 2.75) is 6.10 Å². The molecule has 1 N–H and O–H groups in total. The Balaban J connectivity index is 2.01. The van der Waals surface area contributed by atoms with Crippen LogP contribution in [0.15, 0.2) is 24.3 Å². The molecule has 20 heavy (non-hydrogen) atoms. The zero-order valence-electron chi connectivity index (χ0n) is 11.2. The molecule has 0 bridgehead atoms. The first kappa shape index (κ1) is 14.6. The molecule has 1 aliphatic rings. The van der Waals surface area contributed by atoms with Crippen LogP contribution in [0.25, 0.3) is 0 Å². The van der Waals surface area contributed by atoms with Crippen LogP contribution in [-0.4, -0.2) is 47.1 Å². The van der Waals surface area contributed by atoms with Gasteiger partial charge in [-0.3, -0.25) is 4.90 Å². The van der Waals surface area contributed by atoms with E-state index in [4.69, 9.17) is 9.47 Å². The molecule has 0 spiro atoms. The molecule has 0 saturated carbocycles. The van der Waals surface area contributed by atoms with Crippen LogP contribution in [0.3, 0.4) is 0 Å². The van der Waals surface area contributed by atoms with Crippen molar-refractivity contribution in [2.75, 3.05) is 31.4 Å². The Morgan fingerprint density at radius 3 is 2.60 bits per heavy atom. The van der Waals surface area contributed by atoms with E-state index in [1.807, 2.05) is 0 Å². The Labute approximate surface area is 117 Å². The smallest absolute Gasteiger partial charge is 0.414 e. The summed E-state index contributed by atoms with van der Waals surface area (Å²) >= 11 is 0. The number of nitrogens with zero attached hydrogens (tertiary/aromatic N) is 1. The summed E-state index contributed by atoms with van der Waals surface area (Å²) in [6.07, 6.45) is 0.0696. The van der Waals surface area contributed by atoms with Crippen molar-refractivity contribution in [2.24, 2.45) is 0 Å². The Kier molecular flexibility index (Phi) is 4.15. The molecule has 8 heteroatoms. The van der Waals surface area contributed by atoms with Crippen LogP contribution in [-0.2, 0) is 14.8 Å². The third-order valence-corrected chi connectivity index (χ3v) is 3.52. The molecule has 110 valence electrons. The van der Waals surface area contributed by atoms with E-state index in [9.17, 15) is 13.2 Å². The Hall–Kier alpha value is -1.80. The van der Waals surface area contributed by atoms with Crippen molar-refractivity contribution in [1.29, 1.82) is 0 Å². The van der Waals surface area contributed by atoms with Crippen LogP contribution in [0.4, 0.5) is 10.5 Å². The summed E-state index contributed by atoms with van der Waals surface area (Å²) in [6, 6.07) is 6.97. The minimum atomic E-state index is -3.30. The van der Waals surface area contributed by atoms with Crippen molar-refractivity contribution >= 4 is 21.8 Å². The number of hydrogen-bond donors (Lipinski definition) is 1. The predicted molar refractivity (Wildman–Crippen MR) is 73.5 cm³/mol. The largest absolute Gasteiger partial charge is 0.497 e. The van der Waals surface area contributed by atoms with Gasteiger partial charge in [0.25, 0.3) is 0 Å². The van der Waals surface area contributed by atoms with Crippen LogP contribution in [0.5, 0.6) is 5.75 Å². The molecule has 1 saturated heterocycles. The fourth-order valence-electron chi connectivity index (χ4n) is 1.85. The number of nitrogens with one attached hydrogen (secondary N) is 1. The van der Waals surface area contributed by atoms with E-state index >= 15 is 0 Å². The Morgan fingerprint density at radius 2 is 2.05 bits per heavy atom. The highest BCUT2D eigenvalue weighted by Gasteiger charge is 2.32. The van der Waals surface area contributed by atoms with E-state index < -0.39 is 22.2 Å². The number of ether oxygens (including phenoxy) is 2. The first-order valence-electron chi connectivity index (χ1n) is 5.96. The predicted octanol–water partition coefficient (Wildman–Crippen LogP) is 0.570. The lowest BCUT2D eigenvalue weighted by Crippen LogP contribution is -2.33. The summed E-state index contributed by atoms with van der Waals surface area (Å²) < 4.78 is 34.5. The van der Waals surface area contributed by atoms with E-state index in [-0.39, 0.29) is 6.54 Å². The number of carbonyl (C=O) groups excluding carboxylic acids is 1. The average Bonchev–Trinajstić information content (AvgIpc) is 2.77. The highest BCUT2D eigenvalue weighted by Crippen LogP contribution is 2.23. The van der Waals surface area contributed by atoms with E-state index in [2.05, 4.69) is 4.72 Å². The number of amides is 1. The van der Waals surface area contributed by atoms with E-state index in [0.29, 0.717) is 18.0 Å². The second kappa shape index (κ2) is 5.68. The van der Waals surface area contributed by atoms with Crippen LogP contribution in [0.1, 0.15) is 0 Å². The maximum absolute atomic E-state index is 11.8. The van der Waals surface area contributed by atoms with Gasteiger partial charge in [0.05, 0.1) is 19.9 Å². The Bertz CT molecular complexity index is 584. The van der Waals surface area contributed by atoms with Gasteiger partial charge < -0.3 is 9.47 Å². The van der Waals surface area contributed by atoms with Crippen molar-refractivity contribution in [1.82, 2.24) is 4.72 Å². The molecular weight excluding hydrogens is 284 g/mol. The molecule has 1 amide bonds. The quantitative estimate of drug-likeness (QED) is 0.859. The normalized spacial score (nSPS) is 19.0. The molecule has 1 atom stereocenters. The summed E-state index contributed by atoms with van der Waals surface area (Å²) in [6.45, 7) is 0.366. The first-order chi connectivity index (χ1) is 9.39. The zero-order chi connectivity index (χ0) is 14.8. The van der Waals surface area contributed by atoms with Crippen molar-refractivity contribution < 1.29 is 22.7 Å². The number of sulfonamides is 1. The topological polar surface area (TPSA) is 84.9 Å². The van der Waals surface area contributed by atoms with Crippen LogP contribution < -0.4 is 14.4 Å². The molecule has 1 unspecified atom stereocenters. The highest BCUT2D eigenvalue weighted by molar-refractivity contribution is 7.88. The van der Waals surface area contributed by atoms with Gasteiger partial charge in [0.2, 0.25) is 10.0 Å². The van der Waals surface area contributed by atoms with Gasteiger partial charge in [0, 0.05) is 12.2 Å². The fraction of sp³-hybridized carbons (Fsp3) is 0.417. The second-order valence-electron chi connectivity index (χ2n) is 4.44. The number of rotatable bonds is 5. The lowest BCUT2D eigenvalue weighted by molar-refractivity contribution is 0.143. The van der Waals surface area contributed by atoms with Crippen LogP contribution in [0.2, 0.25) is 0 Å². The summed E-state index contributed by atoms with van der Waals surface area (Å²) in [5.41, 5.74) is 0.678. The molecule has 0 aliphatic carbocycles. The van der Waals surface area contributed by atoms with Gasteiger partial charge in [-0.05, 0) is 24.3 Å². The van der Waals surface area contributed by atoms with Gasteiger partial charge in [-0.25, -0.2) is 17.9 Å². The molecule has 2 rings (SSSR count). The molecule has 1 aromatic rings. The summed E-state index contributed by atoms with van der Waals surface area (Å²) in [7, 11) is -1.74. The number of methoxy groups -OCH3 is 1. The SMILES string of the molecule is COc1ccc(N2CC(CNS(C)(=O)=O)OC2=O)cc1. The summed E-state index contributed by atoms with van der Waals surface area (Å²) in [5, 5.41) is 0. The Morgan fingerprint density at radius 1 is 1.40 bits per heavy atom. The van der Waals surface area contributed by atoms with Crippen LogP contribution >= 0.6 is 0 Å². The molecule has 7 nitrogen and oxygen atoms in total. The summed E-state index contributed by atoms with van der Waals surface area (Å²) in [5.74, 6) is 0.691. The maximum atomic E-state index is 11.8. The van der Waals surface area contributed by atoms with E-state index in [1.54, 1.807) is 31.4 Å². The van der Waals surface area contributed by atoms with E-state index in [0.717, 1.165) is 6.26 Å². The number of cyclic esters (lactones) is 1. The van der Waals surface area contributed by atoms with Gasteiger partial charge in [-0.15, -0.1) is 0 Å². The highest BCUT2D eigenvalue weighted by atomic mass is 32.2. The van der Waals surface area contributed by atoms with Gasteiger partial charge in [0.15, 0.2) is 0 Å². The maximum Gasteiger partial charge on any atom is 0.414 e. The molecule has 1 aliphatic heterocycles. The van der Waals surface area contributed by atoms with E-state index in [1.165, 1.54) is 4.90 Å². The third kappa shape index (κ3) is 3.61. The summed E-state index contributed by atoms with van der Waals surface area (Å²) in [4.78, 5) is 13.2. The molecule has 0 radical (unpaired) electrons. The number of anilines is 1. The van der Waals surface area contributed by atoms with Gasteiger partial charge >= 0.3 is 6.09 Å². The molecule has 1 aromatic carbocycles. The zero-order valence-corrected chi connectivity index (χ0v) is 12.0. The lowest BCUT2D eigenvalue weighted by Gasteiger charge is -2.13. The molecule has 1 fully saturated rings.